The minimum absolute atomic E-state index is 0.370. The lowest BCUT2D eigenvalue weighted by Crippen LogP contribution is -2.25. The van der Waals surface area contributed by atoms with Crippen molar-refractivity contribution in [2.24, 2.45) is 5.92 Å². The molecule has 1 fully saturated rings. The van der Waals surface area contributed by atoms with E-state index < -0.39 is 0 Å². The smallest absolute Gasteiger partial charge is 0.0762 e. The average molecular weight is 341 g/mol. The molecule has 1 aliphatic rings. The first kappa shape index (κ1) is 15.8. The molecule has 1 unspecified atom stereocenters. The van der Waals surface area contributed by atoms with Crippen molar-refractivity contribution in [1.29, 1.82) is 0 Å². The molecule has 0 saturated carbocycles. The second-order valence-electron chi connectivity index (χ2n) is 5.89. The van der Waals surface area contributed by atoms with Crippen LogP contribution in [0.2, 0.25) is 0 Å². The number of nitrogens with one attached hydrogen (secondary N) is 1. The Hall–Kier alpha value is -0.580. The molecule has 4 heteroatoms. The first-order valence-corrected chi connectivity index (χ1v) is 8.16. The fourth-order valence-corrected chi connectivity index (χ4v) is 3.05. The molecule has 1 aromatic carbocycles. The lowest BCUT2D eigenvalue weighted by molar-refractivity contribution is 0.121. The molecule has 0 amide bonds. The summed E-state index contributed by atoms with van der Waals surface area (Å²) in [4.78, 5) is 2.44. The lowest BCUT2D eigenvalue weighted by Gasteiger charge is -2.22. The van der Waals surface area contributed by atoms with E-state index >= 15 is 0 Å². The molecule has 0 aromatic heterocycles. The molecule has 112 valence electrons. The van der Waals surface area contributed by atoms with Gasteiger partial charge in [0.2, 0.25) is 0 Å². The summed E-state index contributed by atoms with van der Waals surface area (Å²) < 4.78 is 6.62. The van der Waals surface area contributed by atoms with Crippen LogP contribution in [0.25, 0.3) is 0 Å². The van der Waals surface area contributed by atoms with Crippen LogP contribution >= 0.6 is 15.9 Å². The molecule has 1 aliphatic heterocycles. The Morgan fingerprint density at radius 2 is 2.25 bits per heavy atom. The van der Waals surface area contributed by atoms with Gasteiger partial charge < -0.3 is 15.0 Å². The quantitative estimate of drug-likeness (QED) is 0.858. The standard InChI is InChI=1S/C16H25BrN2O/c1-12(2)9-18-10-13-8-14(17)4-5-16(13)19-7-6-15(11-19)20-3/h4-5,8,12,15,18H,6-7,9-11H2,1-3H3. The fraction of sp³-hybridized carbons (Fsp3) is 0.625. The zero-order chi connectivity index (χ0) is 14.5. The van der Waals surface area contributed by atoms with E-state index in [0.717, 1.165) is 37.1 Å². The van der Waals surface area contributed by atoms with E-state index in [1.54, 1.807) is 7.11 Å². The third-order valence-electron chi connectivity index (χ3n) is 3.73. The summed E-state index contributed by atoms with van der Waals surface area (Å²) in [6.45, 7) is 8.51. The number of hydrogen-bond acceptors (Lipinski definition) is 3. The molecule has 1 aromatic rings. The van der Waals surface area contributed by atoms with Crippen molar-refractivity contribution in [2.45, 2.75) is 32.9 Å². The monoisotopic (exact) mass is 340 g/mol. The molecule has 1 N–H and O–H groups in total. The van der Waals surface area contributed by atoms with Crippen LogP contribution in [0.15, 0.2) is 22.7 Å². The molecule has 0 aliphatic carbocycles. The molecule has 0 radical (unpaired) electrons. The van der Waals surface area contributed by atoms with E-state index in [1.807, 2.05) is 0 Å². The molecule has 2 rings (SSSR count). The normalized spacial score (nSPS) is 19.1. The summed E-state index contributed by atoms with van der Waals surface area (Å²) in [7, 11) is 1.81. The molecular weight excluding hydrogens is 316 g/mol. The van der Waals surface area contributed by atoms with Crippen LogP contribution in [0.4, 0.5) is 5.69 Å². The van der Waals surface area contributed by atoms with Crippen molar-refractivity contribution in [1.82, 2.24) is 5.32 Å². The van der Waals surface area contributed by atoms with E-state index in [1.165, 1.54) is 11.3 Å². The van der Waals surface area contributed by atoms with Gasteiger partial charge in [-0.1, -0.05) is 29.8 Å². The molecule has 1 atom stereocenters. The van der Waals surface area contributed by atoms with Crippen LogP contribution in [0, 0.1) is 5.92 Å². The highest BCUT2D eigenvalue weighted by Crippen LogP contribution is 2.28. The third-order valence-corrected chi connectivity index (χ3v) is 4.22. The number of hydrogen-bond donors (Lipinski definition) is 1. The van der Waals surface area contributed by atoms with Crippen LogP contribution in [0.3, 0.4) is 0 Å². The summed E-state index contributed by atoms with van der Waals surface area (Å²) >= 11 is 3.58. The first-order valence-electron chi connectivity index (χ1n) is 7.37. The fourth-order valence-electron chi connectivity index (χ4n) is 2.64. The van der Waals surface area contributed by atoms with E-state index in [4.69, 9.17) is 4.74 Å². The Labute approximate surface area is 130 Å². The van der Waals surface area contributed by atoms with Crippen molar-refractivity contribution in [2.75, 3.05) is 31.6 Å². The largest absolute Gasteiger partial charge is 0.380 e. The maximum Gasteiger partial charge on any atom is 0.0762 e. The van der Waals surface area contributed by atoms with Crippen molar-refractivity contribution in [3.63, 3.8) is 0 Å². The lowest BCUT2D eigenvalue weighted by atomic mass is 10.1. The summed E-state index contributed by atoms with van der Waals surface area (Å²) in [6, 6.07) is 6.57. The van der Waals surface area contributed by atoms with Gasteiger partial charge in [0.25, 0.3) is 0 Å². The summed E-state index contributed by atoms with van der Waals surface area (Å²) in [5, 5.41) is 3.54. The van der Waals surface area contributed by atoms with Gasteiger partial charge in [-0.15, -0.1) is 0 Å². The molecule has 3 nitrogen and oxygen atoms in total. The molecule has 1 saturated heterocycles. The van der Waals surface area contributed by atoms with Crippen molar-refractivity contribution >= 4 is 21.6 Å². The molecule has 1 heterocycles. The highest BCUT2D eigenvalue weighted by Gasteiger charge is 2.23. The number of methoxy groups -OCH3 is 1. The Kier molecular flexibility index (Phi) is 5.87. The number of anilines is 1. The number of nitrogens with zero attached hydrogens (tertiary/aromatic N) is 1. The van der Waals surface area contributed by atoms with Gasteiger partial charge in [-0.3, -0.25) is 0 Å². The van der Waals surface area contributed by atoms with Crippen LogP contribution in [0.1, 0.15) is 25.8 Å². The van der Waals surface area contributed by atoms with E-state index in [-0.39, 0.29) is 0 Å². The predicted molar refractivity (Wildman–Crippen MR) is 88.3 cm³/mol. The van der Waals surface area contributed by atoms with Gasteiger partial charge in [-0.05, 0) is 42.6 Å². The van der Waals surface area contributed by atoms with Crippen LogP contribution < -0.4 is 10.2 Å². The molecule has 20 heavy (non-hydrogen) atoms. The van der Waals surface area contributed by atoms with E-state index in [0.29, 0.717) is 12.0 Å². The van der Waals surface area contributed by atoms with Gasteiger partial charge in [-0.2, -0.15) is 0 Å². The van der Waals surface area contributed by atoms with Crippen LogP contribution in [0.5, 0.6) is 0 Å². The van der Waals surface area contributed by atoms with Crippen LogP contribution in [-0.4, -0.2) is 32.8 Å². The zero-order valence-corrected chi connectivity index (χ0v) is 14.2. The number of rotatable bonds is 6. The average Bonchev–Trinajstić information content (AvgIpc) is 2.87. The minimum atomic E-state index is 0.370. The Balaban J connectivity index is 2.07. The van der Waals surface area contributed by atoms with Gasteiger partial charge >= 0.3 is 0 Å². The third kappa shape index (κ3) is 4.21. The van der Waals surface area contributed by atoms with E-state index in [9.17, 15) is 0 Å². The van der Waals surface area contributed by atoms with Crippen LogP contribution in [-0.2, 0) is 11.3 Å². The maximum absolute atomic E-state index is 5.47. The first-order chi connectivity index (χ1) is 9.60. The second kappa shape index (κ2) is 7.43. The summed E-state index contributed by atoms with van der Waals surface area (Å²) in [5.41, 5.74) is 2.70. The molecule has 0 spiro atoms. The SMILES string of the molecule is COC1CCN(c2ccc(Br)cc2CNCC(C)C)C1. The topological polar surface area (TPSA) is 24.5 Å². The van der Waals surface area contributed by atoms with Crippen molar-refractivity contribution in [3.05, 3.63) is 28.2 Å². The van der Waals surface area contributed by atoms with Gasteiger partial charge in [0.15, 0.2) is 0 Å². The van der Waals surface area contributed by atoms with Gasteiger partial charge in [-0.25, -0.2) is 0 Å². The Morgan fingerprint density at radius 3 is 2.90 bits per heavy atom. The number of halogens is 1. The highest BCUT2D eigenvalue weighted by atomic mass is 79.9. The predicted octanol–water partition coefficient (Wildman–Crippen LogP) is 3.42. The Morgan fingerprint density at radius 1 is 1.45 bits per heavy atom. The minimum Gasteiger partial charge on any atom is -0.380 e. The summed E-state index contributed by atoms with van der Waals surface area (Å²) in [6.07, 6.45) is 1.49. The Bertz CT molecular complexity index is 436. The van der Waals surface area contributed by atoms with Crippen molar-refractivity contribution < 1.29 is 4.74 Å². The maximum atomic E-state index is 5.47. The van der Waals surface area contributed by atoms with Gasteiger partial charge in [0, 0.05) is 36.9 Å². The zero-order valence-electron chi connectivity index (χ0n) is 12.7. The summed E-state index contributed by atoms with van der Waals surface area (Å²) in [5.74, 6) is 0.676. The number of benzene rings is 1. The van der Waals surface area contributed by atoms with Gasteiger partial charge in [0.05, 0.1) is 6.10 Å². The second-order valence-corrected chi connectivity index (χ2v) is 6.81. The number of ether oxygens (including phenoxy) is 1. The molecule has 0 bridgehead atoms. The van der Waals surface area contributed by atoms with Gasteiger partial charge in [0.1, 0.15) is 0 Å². The molecular formula is C16H25BrN2O. The van der Waals surface area contributed by atoms with E-state index in [2.05, 4.69) is 58.2 Å². The highest BCUT2D eigenvalue weighted by molar-refractivity contribution is 9.10. The van der Waals surface area contributed by atoms with Crippen molar-refractivity contribution in [3.8, 4) is 0 Å².